The van der Waals surface area contributed by atoms with E-state index in [0.29, 0.717) is 6.42 Å². The van der Waals surface area contributed by atoms with Crippen LogP contribution in [-0.2, 0) is 6.42 Å². The predicted octanol–water partition coefficient (Wildman–Crippen LogP) is 3.46. The first-order valence-electron chi connectivity index (χ1n) is 7.71. The van der Waals surface area contributed by atoms with Crippen molar-refractivity contribution < 1.29 is 4.79 Å². The molecule has 122 valence electrons. The maximum absolute atomic E-state index is 12.5. The molecule has 0 radical (unpaired) electrons. The Morgan fingerprint density at radius 2 is 1.92 bits per heavy atom. The number of hydrogen-bond acceptors (Lipinski definition) is 3. The van der Waals surface area contributed by atoms with Crippen LogP contribution in [0.1, 0.15) is 32.5 Å². The molecule has 0 fully saturated rings. The molecule has 1 atom stereocenters. The maximum Gasteiger partial charge on any atom is 0.260 e. The number of amides is 1. The number of carbonyl (C=O) groups excluding carboxylic acids is 1. The number of hydrogen-bond donors (Lipinski definition) is 2. The molecule has 1 aromatic carbocycles. The first kappa shape index (κ1) is 16.2. The maximum atomic E-state index is 12.5. The fourth-order valence-electron chi connectivity index (χ4n) is 2.55. The zero-order valence-electron chi connectivity index (χ0n) is 13.3. The summed E-state index contributed by atoms with van der Waals surface area (Å²) in [6.45, 7) is 1.78. The van der Waals surface area contributed by atoms with Crippen LogP contribution in [-0.4, -0.2) is 10.9 Å². The van der Waals surface area contributed by atoms with Crippen molar-refractivity contribution in [3.8, 4) is 0 Å². The number of rotatable bonds is 5. The molecule has 1 unspecified atom stereocenters. The van der Waals surface area contributed by atoms with E-state index in [2.05, 4.69) is 10.3 Å². The van der Waals surface area contributed by atoms with Gasteiger partial charge in [-0.15, -0.1) is 11.3 Å². The number of thiophene rings is 1. The lowest BCUT2D eigenvalue weighted by atomic mass is 10.0. The van der Waals surface area contributed by atoms with Gasteiger partial charge in [-0.1, -0.05) is 36.4 Å². The van der Waals surface area contributed by atoms with Crippen molar-refractivity contribution in [1.82, 2.24) is 10.3 Å². The van der Waals surface area contributed by atoms with E-state index >= 15 is 0 Å². The molecule has 2 heterocycles. The molecule has 0 aliphatic heterocycles. The van der Waals surface area contributed by atoms with Gasteiger partial charge in [-0.3, -0.25) is 9.59 Å². The number of aryl methyl sites for hydroxylation is 1. The quantitative estimate of drug-likeness (QED) is 0.748. The molecule has 4 nitrogen and oxygen atoms in total. The summed E-state index contributed by atoms with van der Waals surface area (Å²) >= 11 is 1.59. The van der Waals surface area contributed by atoms with Crippen LogP contribution in [0.25, 0.3) is 0 Å². The minimum Gasteiger partial charge on any atom is -0.344 e. The van der Waals surface area contributed by atoms with Crippen molar-refractivity contribution in [1.29, 1.82) is 0 Å². The first-order valence-corrected chi connectivity index (χ1v) is 8.59. The van der Waals surface area contributed by atoms with E-state index in [1.807, 2.05) is 47.8 Å². The third-order valence-corrected chi connectivity index (χ3v) is 4.76. The van der Waals surface area contributed by atoms with Gasteiger partial charge in [0, 0.05) is 10.6 Å². The third-order valence-electron chi connectivity index (χ3n) is 3.77. The smallest absolute Gasteiger partial charge is 0.260 e. The van der Waals surface area contributed by atoms with Crippen molar-refractivity contribution in [3.05, 3.63) is 92.0 Å². The van der Waals surface area contributed by atoms with Crippen molar-refractivity contribution in [3.63, 3.8) is 0 Å². The summed E-state index contributed by atoms with van der Waals surface area (Å²) in [5, 5.41) is 4.98. The fraction of sp³-hybridized carbons (Fsp3) is 0.158. The molecular formula is C19H18N2O2S. The lowest BCUT2D eigenvalue weighted by Gasteiger charge is -2.17. The number of aromatic nitrogens is 1. The molecule has 0 spiro atoms. The molecule has 24 heavy (non-hydrogen) atoms. The molecule has 5 heteroatoms. The summed E-state index contributed by atoms with van der Waals surface area (Å²) < 4.78 is 0. The van der Waals surface area contributed by atoms with E-state index in [4.69, 9.17) is 0 Å². The van der Waals surface area contributed by atoms with E-state index in [0.717, 1.165) is 16.1 Å². The summed E-state index contributed by atoms with van der Waals surface area (Å²) in [7, 11) is 0. The summed E-state index contributed by atoms with van der Waals surface area (Å²) in [6, 6.07) is 17.1. The summed E-state index contributed by atoms with van der Waals surface area (Å²) in [6.07, 6.45) is 0.677. The lowest BCUT2D eigenvalue weighted by Crippen LogP contribution is -2.33. The van der Waals surface area contributed by atoms with Gasteiger partial charge < -0.3 is 10.3 Å². The van der Waals surface area contributed by atoms with Gasteiger partial charge in [0.15, 0.2) is 0 Å². The van der Waals surface area contributed by atoms with Crippen molar-refractivity contribution in [2.75, 3.05) is 0 Å². The summed E-state index contributed by atoms with van der Waals surface area (Å²) in [5.74, 6) is -0.356. The minimum absolute atomic E-state index is 0.134. The molecule has 0 saturated heterocycles. The van der Waals surface area contributed by atoms with Crippen molar-refractivity contribution in [2.24, 2.45) is 0 Å². The summed E-state index contributed by atoms with van der Waals surface area (Å²) in [5.41, 5.74) is 1.64. The SMILES string of the molecule is Cc1ccc(C(=O)NC(Cc2ccccc2)c2cccs2)c(=O)[nH]1. The number of benzene rings is 1. The van der Waals surface area contributed by atoms with Gasteiger partial charge in [0.05, 0.1) is 6.04 Å². The normalized spacial score (nSPS) is 11.9. The van der Waals surface area contributed by atoms with E-state index in [1.165, 1.54) is 0 Å². The fourth-order valence-corrected chi connectivity index (χ4v) is 3.33. The van der Waals surface area contributed by atoms with Gasteiger partial charge in [-0.25, -0.2) is 0 Å². The number of pyridine rings is 1. The average molecular weight is 338 g/mol. The highest BCUT2D eigenvalue weighted by Crippen LogP contribution is 2.23. The molecule has 3 rings (SSSR count). The third kappa shape index (κ3) is 3.81. The van der Waals surface area contributed by atoms with Gasteiger partial charge in [-0.05, 0) is 42.5 Å². The van der Waals surface area contributed by atoms with E-state index in [9.17, 15) is 9.59 Å². The molecule has 2 aromatic heterocycles. The summed E-state index contributed by atoms with van der Waals surface area (Å²) in [4.78, 5) is 28.3. The van der Waals surface area contributed by atoms with Crippen LogP contribution in [0.4, 0.5) is 0 Å². The monoisotopic (exact) mass is 338 g/mol. The zero-order chi connectivity index (χ0) is 16.9. The zero-order valence-corrected chi connectivity index (χ0v) is 14.1. The average Bonchev–Trinajstić information content (AvgIpc) is 3.09. The van der Waals surface area contributed by atoms with E-state index in [-0.39, 0.29) is 23.1 Å². The Hall–Kier alpha value is -2.66. The molecule has 2 N–H and O–H groups in total. The Balaban J connectivity index is 1.84. The first-order chi connectivity index (χ1) is 11.6. The number of nitrogens with one attached hydrogen (secondary N) is 2. The van der Waals surface area contributed by atoms with Gasteiger partial charge in [-0.2, -0.15) is 0 Å². The molecule has 0 bridgehead atoms. The molecule has 0 aliphatic rings. The van der Waals surface area contributed by atoms with Crippen LogP contribution in [0.2, 0.25) is 0 Å². The van der Waals surface area contributed by atoms with E-state index in [1.54, 1.807) is 30.4 Å². The molecule has 1 amide bonds. The number of H-pyrrole nitrogens is 1. The standard InChI is InChI=1S/C19H18N2O2S/c1-13-9-10-15(18(22)20-13)19(23)21-16(17-8-5-11-24-17)12-14-6-3-2-4-7-14/h2-11,16H,12H2,1H3,(H,20,22)(H,21,23). The van der Waals surface area contributed by atoms with Crippen molar-refractivity contribution >= 4 is 17.2 Å². The van der Waals surface area contributed by atoms with Crippen LogP contribution in [0, 0.1) is 6.92 Å². The highest BCUT2D eigenvalue weighted by molar-refractivity contribution is 7.10. The van der Waals surface area contributed by atoms with Gasteiger partial charge in [0.1, 0.15) is 5.56 Å². The van der Waals surface area contributed by atoms with Gasteiger partial charge in [0.25, 0.3) is 11.5 Å². The number of aromatic amines is 1. The topological polar surface area (TPSA) is 62.0 Å². The predicted molar refractivity (Wildman–Crippen MR) is 96.5 cm³/mol. The van der Waals surface area contributed by atoms with Crippen LogP contribution >= 0.6 is 11.3 Å². The Kier molecular flexibility index (Phi) is 4.91. The second-order valence-electron chi connectivity index (χ2n) is 5.62. The largest absolute Gasteiger partial charge is 0.344 e. The van der Waals surface area contributed by atoms with Gasteiger partial charge in [0.2, 0.25) is 0 Å². The van der Waals surface area contributed by atoms with Crippen LogP contribution in [0.5, 0.6) is 0 Å². The van der Waals surface area contributed by atoms with Crippen LogP contribution in [0.3, 0.4) is 0 Å². The molecule has 3 aromatic rings. The Labute approximate surface area is 144 Å². The Bertz CT molecular complexity index is 870. The Morgan fingerprint density at radius 1 is 1.12 bits per heavy atom. The van der Waals surface area contributed by atoms with Gasteiger partial charge >= 0.3 is 0 Å². The van der Waals surface area contributed by atoms with Crippen molar-refractivity contribution in [2.45, 2.75) is 19.4 Å². The minimum atomic E-state index is -0.364. The molecular weight excluding hydrogens is 320 g/mol. The van der Waals surface area contributed by atoms with Crippen LogP contribution < -0.4 is 10.9 Å². The number of carbonyl (C=O) groups is 1. The Morgan fingerprint density at radius 3 is 2.58 bits per heavy atom. The second-order valence-corrected chi connectivity index (χ2v) is 6.59. The van der Waals surface area contributed by atoms with Crippen LogP contribution in [0.15, 0.2) is 64.8 Å². The molecule has 0 saturated carbocycles. The molecule has 0 aliphatic carbocycles. The van der Waals surface area contributed by atoms with E-state index < -0.39 is 0 Å². The highest BCUT2D eigenvalue weighted by Gasteiger charge is 2.19. The highest BCUT2D eigenvalue weighted by atomic mass is 32.1. The lowest BCUT2D eigenvalue weighted by molar-refractivity contribution is 0.0935. The second kappa shape index (κ2) is 7.27.